The van der Waals surface area contributed by atoms with Gasteiger partial charge >= 0.3 is 0 Å². The molecule has 4 atom stereocenters. The topological polar surface area (TPSA) is 12.5 Å². The number of allylic oxidation sites excluding steroid dienone is 4. The highest BCUT2D eigenvalue weighted by Gasteiger charge is 2.42. The normalized spacial score (nSPS) is 28.7. The Morgan fingerprint density at radius 2 is 1.64 bits per heavy atom. The Labute approximate surface area is 170 Å². The average Bonchev–Trinajstić information content (AvgIpc) is 2.70. The quantitative estimate of drug-likeness (QED) is 0.625. The van der Waals surface area contributed by atoms with Gasteiger partial charge in [-0.05, 0) is 49.0 Å². The van der Waals surface area contributed by atoms with E-state index in [4.69, 9.17) is 4.74 Å². The predicted molar refractivity (Wildman–Crippen MR) is 119 cm³/mol. The van der Waals surface area contributed by atoms with Crippen molar-refractivity contribution in [2.24, 2.45) is 5.92 Å². The molecular formula is C26H33NO. The summed E-state index contributed by atoms with van der Waals surface area (Å²) in [7, 11) is 0. The van der Waals surface area contributed by atoms with E-state index in [-0.39, 0.29) is 24.3 Å². The molecule has 3 aliphatic rings. The molecule has 0 spiro atoms. The van der Waals surface area contributed by atoms with Crippen LogP contribution in [0.3, 0.4) is 0 Å². The lowest BCUT2D eigenvalue weighted by Crippen LogP contribution is -2.60. The van der Waals surface area contributed by atoms with E-state index >= 15 is 0 Å². The van der Waals surface area contributed by atoms with Crippen LogP contribution in [0, 0.1) is 5.92 Å². The van der Waals surface area contributed by atoms with Crippen molar-refractivity contribution in [1.29, 1.82) is 0 Å². The minimum Gasteiger partial charge on any atom is -0.362 e. The molecule has 1 fully saturated rings. The number of unbranched alkanes of at least 4 members (excludes halogenated alkanes) is 1. The van der Waals surface area contributed by atoms with Gasteiger partial charge in [0.05, 0.1) is 12.1 Å². The molecule has 1 saturated heterocycles. The summed E-state index contributed by atoms with van der Waals surface area (Å²) in [6.07, 6.45) is 17.7. The highest BCUT2D eigenvalue weighted by molar-refractivity contribution is 5.56. The number of hydrogen-bond acceptors (Lipinski definition) is 2. The lowest BCUT2D eigenvalue weighted by Gasteiger charge is -2.50. The number of anilines is 1. The first-order chi connectivity index (χ1) is 13.6. The van der Waals surface area contributed by atoms with Gasteiger partial charge in [-0.1, -0.05) is 81.4 Å². The Hall–Kier alpha value is -2.06. The van der Waals surface area contributed by atoms with Gasteiger partial charge in [0.15, 0.2) is 0 Å². The number of benzene rings is 1. The summed E-state index contributed by atoms with van der Waals surface area (Å²) in [5.41, 5.74) is 5.39. The van der Waals surface area contributed by atoms with Gasteiger partial charge < -0.3 is 9.64 Å². The van der Waals surface area contributed by atoms with E-state index in [1.54, 1.807) is 0 Å². The Kier molecular flexibility index (Phi) is 5.59. The number of aryl methyl sites for hydroxylation is 1. The molecule has 4 rings (SSSR count). The highest BCUT2D eigenvalue weighted by atomic mass is 16.5. The molecule has 1 aliphatic heterocycles. The van der Waals surface area contributed by atoms with E-state index in [1.807, 2.05) is 0 Å². The van der Waals surface area contributed by atoms with Gasteiger partial charge in [-0.25, -0.2) is 0 Å². The summed E-state index contributed by atoms with van der Waals surface area (Å²) in [5, 5.41) is 0. The molecule has 28 heavy (non-hydrogen) atoms. The van der Waals surface area contributed by atoms with Crippen LogP contribution in [0.25, 0.3) is 0 Å². The average molecular weight is 376 g/mol. The van der Waals surface area contributed by atoms with Crippen LogP contribution in [-0.4, -0.2) is 24.3 Å². The zero-order chi connectivity index (χ0) is 19.7. The molecule has 0 amide bonds. The SMILES string of the molecule is CCCCc1ccc(N2C3C=CC(C)=CC3OC3C=C(C(C)C)C=CC32)cc1. The number of hydrogen-bond donors (Lipinski definition) is 0. The van der Waals surface area contributed by atoms with E-state index in [2.05, 4.69) is 93.3 Å². The zero-order valence-corrected chi connectivity index (χ0v) is 17.6. The first kappa shape index (κ1) is 19.3. The second-order valence-corrected chi connectivity index (χ2v) is 8.67. The van der Waals surface area contributed by atoms with Crippen LogP contribution in [0.5, 0.6) is 0 Å². The van der Waals surface area contributed by atoms with Crippen molar-refractivity contribution in [3.05, 3.63) is 77.4 Å². The second-order valence-electron chi connectivity index (χ2n) is 8.67. The lowest BCUT2D eigenvalue weighted by molar-refractivity contribution is -0.00667. The molecule has 148 valence electrons. The summed E-state index contributed by atoms with van der Waals surface area (Å²) in [5.74, 6) is 0.522. The number of fused-ring (bicyclic) bond motifs is 2. The van der Waals surface area contributed by atoms with Gasteiger partial charge in [0, 0.05) is 5.69 Å². The molecule has 2 nitrogen and oxygen atoms in total. The fraction of sp³-hybridized carbons (Fsp3) is 0.462. The maximum Gasteiger partial charge on any atom is 0.101 e. The van der Waals surface area contributed by atoms with Gasteiger partial charge in [-0.2, -0.15) is 0 Å². The second kappa shape index (κ2) is 8.13. The highest BCUT2D eigenvalue weighted by Crippen LogP contribution is 2.37. The lowest BCUT2D eigenvalue weighted by atomic mass is 9.87. The number of rotatable bonds is 5. The van der Waals surface area contributed by atoms with Crippen LogP contribution >= 0.6 is 0 Å². The third-order valence-corrected chi connectivity index (χ3v) is 6.18. The molecule has 1 aromatic carbocycles. The van der Waals surface area contributed by atoms with Crippen LogP contribution in [0.15, 0.2) is 71.9 Å². The van der Waals surface area contributed by atoms with E-state index in [0.717, 1.165) is 0 Å². The summed E-state index contributed by atoms with van der Waals surface area (Å²) < 4.78 is 6.58. The molecule has 0 aromatic heterocycles. The Balaban J connectivity index is 1.67. The number of morpholine rings is 1. The molecular weight excluding hydrogens is 342 g/mol. The zero-order valence-electron chi connectivity index (χ0n) is 17.6. The summed E-state index contributed by atoms with van der Waals surface area (Å²) >= 11 is 0. The number of ether oxygens (including phenoxy) is 1. The van der Waals surface area contributed by atoms with Crippen molar-refractivity contribution in [2.45, 2.75) is 71.2 Å². The standard InChI is InChI=1S/C26H33NO/c1-5-6-7-20-9-12-22(13-10-20)27-23-14-8-19(4)16-25(23)28-26-17-21(18(2)3)11-15-24(26)27/h8-18,23-26H,5-7H2,1-4H3. The molecule has 4 unspecified atom stereocenters. The molecule has 0 saturated carbocycles. The van der Waals surface area contributed by atoms with Crippen LogP contribution in [0.4, 0.5) is 5.69 Å². The summed E-state index contributed by atoms with van der Waals surface area (Å²) in [6.45, 7) is 8.91. The minimum absolute atomic E-state index is 0.0963. The molecule has 0 bridgehead atoms. The Bertz CT molecular complexity index is 811. The van der Waals surface area contributed by atoms with Crippen LogP contribution in [-0.2, 0) is 11.2 Å². The fourth-order valence-corrected chi connectivity index (χ4v) is 4.50. The van der Waals surface area contributed by atoms with Gasteiger partial charge in [-0.3, -0.25) is 0 Å². The maximum absolute atomic E-state index is 6.58. The molecule has 1 heterocycles. The molecule has 2 heteroatoms. The number of nitrogens with zero attached hydrogens (tertiary/aromatic N) is 1. The smallest absolute Gasteiger partial charge is 0.101 e. The maximum atomic E-state index is 6.58. The van der Waals surface area contributed by atoms with Gasteiger partial charge in [0.25, 0.3) is 0 Å². The molecule has 0 radical (unpaired) electrons. The van der Waals surface area contributed by atoms with Crippen molar-refractivity contribution in [3.8, 4) is 0 Å². The van der Waals surface area contributed by atoms with Gasteiger partial charge in [0.1, 0.15) is 12.2 Å². The molecule has 1 aromatic rings. The molecule has 2 aliphatic carbocycles. The van der Waals surface area contributed by atoms with E-state index in [1.165, 1.54) is 41.7 Å². The first-order valence-electron chi connectivity index (χ1n) is 10.9. The van der Waals surface area contributed by atoms with Gasteiger partial charge in [0.2, 0.25) is 0 Å². The molecule has 0 N–H and O–H groups in total. The Morgan fingerprint density at radius 3 is 2.32 bits per heavy atom. The monoisotopic (exact) mass is 375 g/mol. The van der Waals surface area contributed by atoms with Crippen molar-refractivity contribution in [2.75, 3.05) is 4.90 Å². The van der Waals surface area contributed by atoms with E-state index in [9.17, 15) is 0 Å². The van der Waals surface area contributed by atoms with Crippen LogP contribution in [0.2, 0.25) is 0 Å². The van der Waals surface area contributed by atoms with Crippen LogP contribution < -0.4 is 4.90 Å². The van der Waals surface area contributed by atoms with Crippen molar-refractivity contribution < 1.29 is 4.74 Å². The first-order valence-corrected chi connectivity index (χ1v) is 10.9. The van der Waals surface area contributed by atoms with Crippen molar-refractivity contribution in [3.63, 3.8) is 0 Å². The summed E-state index contributed by atoms with van der Waals surface area (Å²) in [4.78, 5) is 2.56. The van der Waals surface area contributed by atoms with E-state index in [0.29, 0.717) is 5.92 Å². The van der Waals surface area contributed by atoms with Gasteiger partial charge in [-0.15, -0.1) is 0 Å². The predicted octanol–water partition coefficient (Wildman–Crippen LogP) is 6.01. The Morgan fingerprint density at radius 1 is 0.964 bits per heavy atom. The minimum atomic E-state index is 0.0963. The largest absolute Gasteiger partial charge is 0.362 e. The third kappa shape index (κ3) is 3.75. The fourth-order valence-electron chi connectivity index (χ4n) is 4.50. The van der Waals surface area contributed by atoms with Crippen molar-refractivity contribution >= 4 is 5.69 Å². The third-order valence-electron chi connectivity index (χ3n) is 6.18. The summed E-state index contributed by atoms with van der Waals surface area (Å²) in [6, 6.07) is 9.70. The van der Waals surface area contributed by atoms with Crippen molar-refractivity contribution in [1.82, 2.24) is 0 Å². The van der Waals surface area contributed by atoms with E-state index < -0.39 is 0 Å². The van der Waals surface area contributed by atoms with Crippen LogP contribution in [0.1, 0.15) is 46.1 Å².